The predicted octanol–water partition coefficient (Wildman–Crippen LogP) is 3.54. The van der Waals surface area contributed by atoms with Gasteiger partial charge in [-0.05, 0) is 48.9 Å². The number of furan rings is 1. The normalized spacial score (nSPS) is 12.5. The van der Waals surface area contributed by atoms with Crippen LogP contribution in [-0.2, 0) is 21.2 Å². The highest BCUT2D eigenvalue weighted by atomic mass is 32.2. The van der Waals surface area contributed by atoms with Gasteiger partial charge in [-0.1, -0.05) is 24.3 Å². The molecule has 3 rings (SSSR count). The number of hydrogen-bond donors (Lipinski definition) is 2. The summed E-state index contributed by atoms with van der Waals surface area (Å²) in [5.74, 6) is 0.387. The molecule has 29 heavy (non-hydrogen) atoms. The third-order valence-electron chi connectivity index (χ3n) is 4.46. The van der Waals surface area contributed by atoms with Crippen LogP contribution >= 0.6 is 0 Å². The molecule has 1 heterocycles. The summed E-state index contributed by atoms with van der Waals surface area (Å²) >= 11 is 0. The van der Waals surface area contributed by atoms with Gasteiger partial charge in [0.15, 0.2) is 0 Å². The van der Waals surface area contributed by atoms with E-state index in [1.165, 1.54) is 18.2 Å². The van der Waals surface area contributed by atoms with Gasteiger partial charge in [0.25, 0.3) is 0 Å². The van der Waals surface area contributed by atoms with Gasteiger partial charge >= 0.3 is 0 Å². The summed E-state index contributed by atoms with van der Waals surface area (Å²) in [5, 5.41) is 7.96. The lowest BCUT2D eigenvalue weighted by molar-refractivity contribution is -0.121. The van der Waals surface area contributed by atoms with Crippen LogP contribution in [0.15, 0.2) is 70.0 Å². The molecule has 3 N–H and O–H groups in total. The second kappa shape index (κ2) is 8.59. The quantitative estimate of drug-likeness (QED) is 0.615. The van der Waals surface area contributed by atoms with Crippen molar-refractivity contribution < 1.29 is 22.0 Å². The minimum absolute atomic E-state index is 0.00708. The monoisotopic (exact) mass is 416 g/mol. The Morgan fingerprint density at radius 2 is 1.90 bits per heavy atom. The van der Waals surface area contributed by atoms with E-state index in [2.05, 4.69) is 5.32 Å². The maximum atomic E-state index is 13.8. The summed E-state index contributed by atoms with van der Waals surface area (Å²) in [6, 6.07) is 15.4. The van der Waals surface area contributed by atoms with Gasteiger partial charge in [-0.25, -0.2) is 17.9 Å². The Labute approximate surface area is 168 Å². The molecule has 0 fully saturated rings. The maximum Gasteiger partial charge on any atom is 0.238 e. The van der Waals surface area contributed by atoms with Crippen molar-refractivity contribution in [3.05, 3.63) is 77.8 Å². The molecule has 0 radical (unpaired) electrons. The molecule has 8 heteroatoms. The number of nitrogens with one attached hydrogen (secondary N) is 1. The highest BCUT2D eigenvalue weighted by molar-refractivity contribution is 7.89. The lowest BCUT2D eigenvalue weighted by atomic mass is 10.1. The number of sulfonamides is 1. The zero-order chi connectivity index (χ0) is 21.0. The van der Waals surface area contributed by atoms with Crippen molar-refractivity contribution in [3.8, 4) is 11.3 Å². The zero-order valence-electron chi connectivity index (χ0n) is 15.8. The van der Waals surface area contributed by atoms with Crippen LogP contribution in [0, 0.1) is 5.82 Å². The number of hydrogen-bond acceptors (Lipinski definition) is 4. The topological polar surface area (TPSA) is 102 Å². The summed E-state index contributed by atoms with van der Waals surface area (Å²) in [4.78, 5) is 12.3. The van der Waals surface area contributed by atoms with E-state index in [1.54, 1.807) is 49.4 Å². The SMILES string of the molecule is C[C@@H](NC(=O)CCc1ccc(-c2ccccc2F)o1)c1cccc(S(N)(=O)=O)c1. The molecular weight excluding hydrogens is 395 g/mol. The number of amides is 1. The average molecular weight is 416 g/mol. The van der Waals surface area contributed by atoms with E-state index >= 15 is 0 Å². The lowest BCUT2D eigenvalue weighted by Gasteiger charge is -2.15. The van der Waals surface area contributed by atoms with Crippen molar-refractivity contribution in [1.82, 2.24) is 5.32 Å². The van der Waals surface area contributed by atoms with Crippen molar-refractivity contribution in [3.63, 3.8) is 0 Å². The van der Waals surface area contributed by atoms with Gasteiger partial charge in [0.05, 0.1) is 16.5 Å². The number of rotatable bonds is 7. The van der Waals surface area contributed by atoms with E-state index in [4.69, 9.17) is 9.56 Å². The van der Waals surface area contributed by atoms with Crippen LogP contribution in [0.25, 0.3) is 11.3 Å². The standard InChI is InChI=1S/C21H21FN2O4S/c1-14(15-5-4-6-17(13-15)29(23,26)27)24-21(25)12-10-16-9-11-20(28-16)18-7-2-3-8-19(18)22/h2-9,11,13-14H,10,12H2,1H3,(H,24,25)(H2,23,26,27)/t14-/m1/s1. The molecule has 1 atom stereocenters. The van der Waals surface area contributed by atoms with E-state index in [1.807, 2.05) is 0 Å². The minimum Gasteiger partial charge on any atom is -0.461 e. The summed E-state index contributed by atoms with van der Waals surface area (Å²) in [6.07, 6.45) is 0.521. The molecule has 0 aliphatic rings. The van der Waals surface area contributed by atoms with Gasteiger partial charge in [-0.2, -0.15) is 0 Å². The zero-order valence-corrected chi connectivity index (χ0v) is 16.6. The lowest BCUT2D eigenvalue weighted by Crippen LogP contribution is -2.27. The van der Waals surface area contributed by atoms with Gasteiger partial charge in [0, 0.05) is 12.8 Å². The van der Waals surface area contributed by atoms with Crippen molar-refractivity contribution >= 4 is 15.9 Å². The van der Waals surface area contributed by atoms with Crippen LogP contribution in [-0.4, -0.2) is 14.3 Å². The highest BCUT2D eigenvalue weighted by Crippen LogP contribution is 2.25. The van der Waals surface area contributed by atoms with Crippen LogP contribution in [0.3, 0.4) is 0 Å². The molecule has 3 aromatic rings. The molecule has 0 aliphatic heterocycles. The fourth-order valence-electron chi connectivity index (χ4n) is 2.91. The fraction of sp³-hybridized carbons (Fsp3) is 0.190. The van der Waals surface area contributed by atoms with Gasteiger partial charge in [-0.15, -0.1) is 0 Å². The Bertz CT molecular complexity index is 1120. The highest BCUT2D eigenvalue weighted by Gasteiger charge is 2.15. The van der Waals surface area contributed by atoms with E-state index < -0.39 is 16.1 Å². The largest absolute Gasteiger partial charge is 0.461 e. The first-order valence-electron chi connectivity index (χ1n) is 9.00. The molecule has 1 aromatic heterocycles. The van der Waals surface area contributed by atoms with Crippen LogP contribution < -0.4 is 10.5 Å². The number of primary sulfonamides is 1. The van der Waals surface area contributed by atoms with Crippen LogP contribution in [0.5, 0.6) is 0 Å². The van der Waals surface area contributed by atoms with Gasteiger partial charge in [0.1, 0.15) is 17.3 Å². The average Bonchev–Trinajstić information content (AvgIpc) is 3.15. The molecular formula is C21H21FN2O4S. The number of nitrogens with two attached hydrogens (primary N) is 1. The fourth-order valence-corrected chi connectivity index (χ4v) is 3.48. The summed E-state index contributed by atoms with van der Waals surface area (Å²) in [7, 11) is -3.81. The van der Waals surface area contributed by atoms with Crippen LogP contribution in [0.1, 0.15) is 30.7 Å². The Kier molecular flexibility index (Phi) is 6.14. The van der Waals surface area contributed by atoms with Crippen molar-refractivity contribution in [2.24, 2.45) is 5.14 Å². The summed E-state index contributed by atoms with van der Waals surface area (Å²) in [5.41, 5.74) is 0.997. The van der Waals surface area contributed by atoms with E-state index in [0.717, 1.165) is 0 Å². The van der Waals surface area contributed by atoms with Crippen LogP contribution in [0.4, 0.5) is 4.39 Å². The van der Waals surface area contributed by atoms with Gasteiger partial charge in [-0.3, -0.25) is 4.79 Å². The molecule has 0 spiro atoms. The Morgan fingerprint density at radius 3 is 2.62 bits per heavy atom. The summed E-state index contributed by atoms with van der Waals surface area (Å²) in [6.45, 7) is 1.75. The first kappa shape index (κ1) is 20.8. The van der Waals surface area contributed by atoms with E-state index in [-0.39, 0.29) is 23.0 Å². The number of aryl methyl sites for hydroxylation is 1. The van der Waals surface area contributed by atoms with Crippen molar-refractivity contribution in [2.75, 3.05) is 0 Å². The molecule has 152 valence electrons. The minimum atomic E-state index is -3.81. The third-order valence-corrected chi connectivity index (χ3v) is 5.37. The summed E-state index contributed by atoms with van der Waals surface area (Å²) < 4.78 is 42.4. The number of halogens is 1. The molecule has 0 aliphatic carbocycles. The predicted molar refractivity (Wildman–Crippen MR) is 107 cm³/mol. The van der Waals surface area contributed by atoms with Gasteiger partial charge < -0.3 is 9.73 Å². The maximum absolute atomic E-state index is 13.8. The molecule has 0 saturated carbocycles. The third kappa shape index (κ3) is 5.30. The second-order valence-electron chi connectivity index (χ2n) is 6.65. The first-order valence-corrected chi connectivity index (χ1v) is 10.5. The molecule has 1 amide bonds. The molecule has 0 saturated heterocycles. The van der Waals surface area contributed by atoms with E-state index in [0.29, 0.717) is 29.1 Å². The number of carbonyl (C=O) groups excluding carboxylic acids is 1. The van der Waals surface area contributed by atoms with Crippen LogP contribution in [0.2, 0.25) is 0 Å². The Morgan fingerprint density at radius 1 is 1.14 bits per heavy atom. The molecule has 2 aromatic carbocycles. The molecule has 6 nitrogen and oxygen atoms in total. The molecule has 0 unspecified atom stereocenters. The smallest absolute Gasteiger partial charge is 0.238 e. The van der Waals surface area contributed by atoms with Crippen molar-refractivity contribution in [1.29, 1.82) is 0 Å². The molecule has 0 bridgehead atoms. The number of benzene rings is 2. The van der Waals surface area contributed by atoms with Gasteiger partial charge in [0.2, 0.25) is 15.9 Å². The number of carbonyl (C=O) groups is 1. The Balaban J connectivity index is 1.59. The van der Waals surface area contributed by atoms with Crippen molar-refractivity contribution in [2.45, 2.75) is 30.7 Å². The Hall–Kier alpha value is -2.97. The second-order valence-corrected chi connectivity index (χ2v) is 8.21. The van der Waals surface area contributed by atoms with E-state index in [9.17, 15) is 17.6 Å². The first-order chi connectivity index (χ1) is 13.7.